The molecule has 0 aliphatic rings. The van der Waals surface area contributed by atoms with Crippen molar-refractivity contribution in [2.45, 2.75) is 39.4 Å². The van der Waals surface area contributed by atoms with Crippen LogP contribution in [0.15, 0.2) is 80.4 Å². The predicted octanol–water partition coefficient (Wildman–Crippen LogP) is 5.44. The molecule has 4 aromatic rings. The molecular weight excluding hydrogens is 576 g/mol. The number of hydrogen-bond acceptors (Lipinski definition) is 6. The van der Waals surface area contributed by atoms with E-state index in [1.54, 1.807) is 31.9 Å². The third kappa shape index (κ3) is 6.69. The van der Waals surface area contributed by atoms with E-state index in [1.807, 2.05) is 60.7 Å². The number of aryl methyl sites for hydroxylation is 1. The van der Waals surface area contributed by atoms with Gasteiger partial charge in [-0.3, -0.25) is 4.79 Å². The highest BCUT2D eigenvalue weighted by atomic mass is 79.9. The van der Waals surface area contributed by atoms with Crippen molar-refractivity contribution in [2.24, 2.45) is 0 Å². The van der Waals surface area contributed by atoms with Gasteiger partial charge in [-0.1, -0.05) is 60.7 Å². The van der Waals surface area contributed by atoms with E-state index in [2.05, 4.69) is 26.2 Å². The van der Waals surface area contributed by atoms with Gasteiger partial charge in [0.05, 0.1) is 10.9 Å². The van der Waals surface area contributed by atoms with Gasteiger partial charge in [-0.25, -0.2) is 9.59 Å². The van der Waals surface area contributed by atoms with Gasteiger partial charge in [0.1, 0.15) is 6.04 Å². The molecule has 208 valence electrons. The molecule has 2 amide bonds. The van der Waals surface area contributed by atoms with E-state index in [0.29, 0.717) is 40.6 Å². The topological polar surface area (TPSA) is 116 Å². The van der Waals surface area contributed by atoms with Crippen LogP contribution in [0.4, 0.5) is 10.8 Å². The number of carbonyl (C=O) groups excluding carboxylic acids is 1. The van der Waals surface area contributed by atoms with Gasteiger partial charge >= 0.3 is 11.7 Å². The monoisotopic (exact) mass is 606 g/mol. The molecule has 1 aromatic heterocycles. The standard InChI is InChI=1S/C30H31BrN4O5/c1-4-35(30(38)39)18-22-16-23(31)26-25(19(22)2)28(37)40-29(33-26)32-24(15-20-11-7-5-8-12-20)27(36)34(3)17-21-13-9-6-10-14-21/h5-14,16,24H,4,15,17-18H2,1-3H3,(H,32,33)(H,38,39)/t24-/m0/s1. The molecule has 0 spiro atoms. The van der Waals surface area contributed by atoms with Gasteiger partial charge in [0.2, 0.25) is 5.91 Å². The average molecular weight is 608 g/mol. The van der Waals surface area contributed by atoms with E-state index in [4.69, 9.17) is 4.42 Å². The second kappa shape index (κ2) is 12.8. The molecular formula is C30H31BrN4O5. The van der Waals surface area contributed by atoms with E-state index >= 15 is 0 Å². The molecule has 0 aliphatic carbocycles. The summed E-state index contributed by atoms with van der Waals surface area (Å²) in [6.07, 6.45) is -0.696. The number of anilines is 1. The molecule has 10 heteroatoms. The van der Waals surface area contributed by atoms with Crippen LogP contribution in [0.2, 0.25) is 0 Å². The van der Waals surface area contributed by atoms with Crippen molar-refractivity contribution in [3.63, 3.8) is 0 Å². The maximum atomic E-state index is 13.6. The molecule has 4 rings (SSSR count). The lowest BCUT2D eigenvalue weighted by Gasteiger charge is -2.25. The molecule has 2 N–H and O–H groups in total. The molecule has 0 bridgehead atoms. The third-order valence-electron chi connectivity index (χ3n) is 6.76. The fourth-order valence-electron chi connectivity index (χ4n) is 4.56. The van der Waals surface area contributed by atoms with Crippen LogP contribution >= 0.6 is 15.9 Å². The first-order valence-electron chi connectivity index (χ1n) is 12.9. The van der Waals surface area contributed by atoms with Crippen molar-refractivity contribution in [3.05, 3.63) is 104 Å². The molecule has 1 atom stereocenters. The van der Waals surface area contributed by atoms with Crippen LogP contribution in [0.25, 0.3) is 10.9 Å². The second-order valence-corrected chi connectivity index (χ2v) is 10.4. The number of halogens is 1. The summed E-state index contributed by atoms with van der Waals surface area (Å²) in [5.74, 6) is -0.184. The van der Waals surface area contributed by atoms with Crippen molar-refractivity contribution in [3.8, 4) is 0 Å². The summed E-state index contributed by atoms with van der Waals surface area (Å²) in [7, 11) is 1.73. The van der Waals surface area contributed by atoms with Crippen LogP contribution in [-0.2, 0) is 24.3 Å². The highest BCUT2D eigenvalue weighted by Crippen LogP contribution is 2.28. The molecule has 0 unspecified atom stereocenters. The fraction of sp³-hybridized carbons (Fsp3) is 0.267. The number of benzene rings is 3. The number of carbonyl (C=O) groups is 2. The summed E-state index contributed by atoms with van der Waals surface area (Å²) in [6, 6.07) is 20.2. The number of likely N-dealkylation sites (N-methyl/N-ethyl adjacent to an activating group) is 1. The molecule has 40 heavy (non-hydrogen) atoms. The first-order valence-corrected chi connectivity index (χ1v) is 13.7. The van der Waals surface area contributed by atoms with Gasteiger partial charge < -0.3 is 24.6 Å². The van der Waals surface area contributed by atoms with Crippen LogP contribution in [0.5, 0.6) is 0 Å². The van der Waals surface area contributed by atoms with E-state index in [9.17, 15) is 19.5 Å². The Morgan fingerprint density at radius 3 is 2.27 bits per heavy atom. The van der Waals surface area contributed by atoms with Gasteiger partial charge in [0.15, 0.2) is 0 Å². The van der Waals surface area contributed by atoms with Crippen molar-refractivity contribution in [1.82, 2.24) is 14.8 Å². The van der Waals surface area contributed by atoms with Crippen molar-refractivity contribution >= 4 is 44.8 Å². The zero-order valence-electron chi connectivity index (χ0n) is 22.6. The van der Waals surface area contributed by atoms with Gasteiger partial charge in [-0.2, -0.15) is 4.98 Å². The van der Waals surface area contributed by atoms with Gasteiger partial charge in [0, 0.05) is 37.6 Å². The zero-order valence-corrected chi connectivity index (χ0v) is 24.1. The number of carboxylic acid groups (broad SMARTS) is 1. The Hall–Kier alpha value is -4.18. The molecule has 0 radical (unpaired) electrons. The maximum absolute atomic E-state index is 13.6. The molecule has 9 nitrogen and oxygen atoms in total. The summed E-state index contributed by atoms with van der Waals surface area (Å²) in [5.41, 5.74) is 2.91. The number of aromatic nitrogens is 1. The van der Waals surface area contributed by atoms with Crippen LogP contribution in [-0.4, -0.2) is 51.5 Å². The summed E-state index contributed by atoms with van der Waals surface area (Å²) in [6.45, 7) is 4.33. The number of nitrogens with one attached hydrogen (secondary N) is 1. The highest BCUT2D eigenvalue weighted by molar-refractivity contribution is 9.10. The first-order chi connectivity index (χ1) is 19.2. The first kappa shape index (κ1) is 28.8. The van der Waals surface area contributed by atoms with Gasteiger partial charge in [-0.15, -0.1) is 0 Å². The van der Waals surface area contributed by atoms with Gasteiger partial charge in [-0.05, 0) is 58.1 Å². The maximum Gasteiger partial charge on any atom is 0.407 e. The van der Waals surface area contributed by atoms with Crippen molar-refractivity contribution in [2.75, 3.05) is 18.9 Å². The van der Waals surface area contributed by atoms with Crippen LogP contribution in [0.3, 0.4) is 0 Å². The lowest BCUT2D eigenvalue weighted by Crippen LogP contribution is -2.42. The largest absolute Gasteiger partial charge is 0.465 e. The lowest BCUT2D eigenvalue weighted by molar-refractivity contribution is -0.131. The number of amides is 2. The molecule has 1 heterocycles. The predicted molar refractivity (Wildman–Crippen MR) is 157 cm³/mol. The summed E-state index contributed by atoms with van der Waals surface area (Å²) in [4.78, 5) is 45.8. The highest BCUT2D eigenvalue weighted by Gasteiger charge is 2.25. The Kier molecular flexibility index (Phi) is 9.21. The van der Waals surface area contributed by atoms with Crippen LogP contribution in [0, 0.1) is 6.92 Å². The Morgan fingerprint density at radius 2 is 1.68 bits per heavy atom. The summed E-state index contributed by atoms with van der Waals surface area (Å²) in [5, 5.41) is 12.8. The van der Waals surface area contributed by atoms with Gasteiger partial charge in [0.25, 0.3) is 6.01 Å². The Bertz CT molecular complexity index is 1560. The number of rotatable bonds is 10. The molecule has 0 fully saturated rings. The average Bonchev–Trinajstić information content (AvgIpc) is 2.94. The number of fused-ring (bicyclic) bond motifs is 1. The Balaban J connectivity index is 1.67. The summed E-state index contributed by atoms with van der Waals surface area (Å²) >= 11 is 3.50. The third-order valence-corrected chi connectivity index (χ3v) is 7.36. The van der Waals surface area contributed by atoms with Crippen LogP contribution in [0.1, 0.15) is 29.2 Å². The second-order valence-electron chi connectivity index (χ2n) is 9.54. The number of hydrogen-bond donors (Lipinski definition) is 2. The minimum absolute atomic E-state index is 0.0755. The Labute approximate surface area is 240 Å². The lowest BCUT2D eigenvalue weighted by atomic mass is 10.0. The molecule has 0 saturated carbocycles. The van der Waals surface area contributed by atoms with E-state index in [-0.39, 0.29) is 23.9 Å². The fourth-order valence-corrected chi connectivity index (χ4v) is 5.12. The molecule has 3 aromatic carbocycles. The number of nitrogens with zero attached hydrogens (tertiary/aromatic N) is 3. The zero-order chi connectivity index (χ0) is 28.8. The summed E-state index contributed by atoms with van der Waals surface area (Å²) < 4.78 is 6.10. The minimum Gasteiger partial charge on any atom is -0.465 e. The quantitative estimate of drug-likeness (QED) is 0.247. The SMILES string of the molecule is CCN(Cc1cc(Br)c2nc(N[C@@H](Cc3ccccc3)C(=O)N(C)Cc3ccccc3)oc(=O)c2c1C)C(=O)O. The molecule has 0 aliphatic heterocycles. The van der Waals surface area contributed by atoms with Crippen LogP contribution < -0.4 is 10.9 Å². The van der Waals surface area contributed by atoms with E-state index < -0.39 is 17.8 Å². The van der Waals surface area contributed by atoms with Crippen molar-refractivity contribution < 1.29 is 19.1 Å². The minimum atomic E-state index is -1.05. The normalized spacial score (nSPS) is 11.7. The van der Waals surface area contributed by atoms with E-state index in [0.717, 1.165) is 11.1 Å². The smallest absolute Gasteiger partial charge is 0.407 e. The van der Waals surface area contributed by atoms with E-state index in [1.165, 1.54) is 4.90 Å². The van der Waals surface area contributed by atoms with Crippen molar-refractivity contribution in [1.29, 1.82) is 0 Å². The Morgan fingerprint density at radius 1 is 1.05 bits per heavy atom. The molecule has 0 saturated heterocycles.